The van der Waals surface area contributed by atoms with Crippen molar-refractivity contribution in [1.29, 1.82) is 0 Å². The summed E-state index contributed by atoms with van der Waals surface area (Å²) in [6.45, 7) is 0. The maximum absolute atomic E-state index is 10.4. The number of anilines is 1. The molecule has 0 radical (unpaired) electrons. The highest BCUT2D eigenvalue weighted by Gasteiger charge is 1.98. The Balaban J connectivity index is 2.77. The Morgan fingerprint density at radius 2 is 2.33 bits per heavy atom. The number of halogens is 2. The number of rotatable bonds is 4. The van der Waals surface area contributed by atoms with Crippen LogP contribution in [0, 0.1) is 0 Å². The number of nitrogens with one attached hydrogen (secondary N) is 1. The fraction of sp³-hybridized carbons (Fsp3) is 0.100. The van der Waals surface area contributed by atoms with Gasteiger partial charge >= 0.3 is 0 Å². The van der Waals surface area contributed by atoms with E-state index in [0.717, 1.165) is 10.2 Å². The lowest BCUT2D eigenvalue weighted by Gasteiger charge is -2.03. The SMILES string of the molecule is CO/C(C=O)=C/Nc1ccc(Br)c(Cl)c1. The Morgan fingerprint density at radius 3 is 2.87 bits per heavy atom. The number of carbonyl (C=O) groups is 1. The van der Waals surface area contributed by atoms with Crippen molar-refractivity contribution < 1.29 is 9.53 Å². The number of hydrogen-bond acceptors (Lipinski definition) is 3. The molecule has 0 saturated carbocycles. The van der Waals surface area contributed by atoms with Crippen molar-refractivity contribution >= 4 is 39.5 Å². The van der Waals surface area contributed by atoms with E-state index in [0.29, 0.717) is 11.3 Å². The van der Waals surface area contributed by atoms with Crippen molar-refractivity contribution in [3.8, 4) is 0 Å². The lowest BCUT2D eigenvalue weighted by molar-refractivity contribution is -0.107. The van der Waals surface area contributed by atoms with Crippen molar-refractivity contribution in [2.75, 3.05) is 12.4 Å². The molecule has 0 heterocycles. The van der Waals surface area contributed by atoms with Gasteiger partial charge in [0.1, 0.15) is 0 Å². The third kappa shape index (κ3) is 3.57. The monoisotopic (exact) mass is 289 g/mol. The molecule has 0 aliphatic heterocycles. The van der Waals surface area contributed by atoms with Crippen LogP contribution in [0.2, 0.25) is 5.02 Å². The summed E-state index contributed by atoms with van der Waals surface area (Å²) in [4.78, 5) is 10.4. The second kappa shape index (κ2) is 5.78. The maximum Gasteiger partial charge on any atom is 0.186 e. The predicted octanol–water partition coefficient (Wildman–Crippen LogP) is 3.20. The molecule has 1 aromatic rings. The zero-order valence-electron chi connectivity index (χ0n) is 7.96. The Morgan fingerprint density at radius 1 is 1.60 bits per heavy atom. The van der Waals surface area contributed by atoms with E-state index < -0.39 is 0 Å². The van der Waals surface area contributed by atoms with E-state index in [9.17, 15) is 4.79 Å². The highest BCUT2D eigenvalue weighted by Crippen LogP contribution is 2.25. The number of benzene rings is 1. The Bertz CT molecular complexity index is 393. The standard InChI is InChI=1S/C10H9BrClNO2/c1-15-8(6-14)5-13-7-2-3-9(11)10(12)4-7/h2-6,13H,1H3/b8-5+. The molecule has 0 spiro atoms. The maximum atomic E-state index is 10.4. The number of aldehydes is 1. The van der Waals surface area contributed by atoms with Gasteiger partial charge in [0.15, 0.2) is 12.0 Å². The van der Waals surface area contributed by atoms with Gasteiger partial charge in [-0.05, 0) is 34.1 Å². The summed E-state index contributed by atoms with van der Waals surface area (Å²) < 4.78 is 5.58. The molecule has 1 rings (SSSR count). The Labute approximate surface area is 101 Å². The van der Waals surface area contributed by atoms with E-state index in [1.807, 2.05) is 12.1 Å². The average molecular weight is 291 g/mol. The van der Waals surface area contributed by atoms with Crippen molar-refractivity contribution in [3.05, 3.63) is 39.7 Å². The van der Waals surface area contributed by atoms with E-state index >= 15 is 0 Å². The van der Waals surface area contributed by atoms with Crippen LogP contribution < -0.4 is 5.32 Å². The van der Waals surface area contributed by atoms with Crippen LogP contribution in [-0.2, 0) is 9.53 Å². The molecule has 0 unspecified atom stereocenters. The minimum atomic E-state index is 0.217. The minimum absolute atomic E-state index is 0.217. The first-order chi connectivity index (χ1) is 7.17. The molecule has 0 saturated heterocycles. The number of carbonyl (C=O) groups excluding carboxylic acids is 1. The van der Waals surface area contributed by atoms with Crippen LogP contribution in [0.1, 0.15) is 0 Å². The van der Waals surface area contributed by atoms with Gasteiger partial charge in [0, 0.05) is 16.4 Å². The molecule has 0 bridgehead atoms. The molecule has 80 valence electrons. The summed E-state index contributed by atoms with van der Waals surface area (Å²) in [5.41, 5.74) is 0.777. The first kappa shape index (κ1) is 12.1. The summed E-state index contributed by atoms with van der Waals surface area (Å²) >= 11 is 9.17. The summed E-state index contributed by atoms with van der Waals surface area (Å²) in [6.07, 6.45) is 2.08. The van der Waals surface area contributed by atoms with Crippen LogP contribution in [0.25, 0.3) is 0 Å². The lowest BCUT2D eigenvalue weighted by atomic mass is 10.3. The van der Waals surface area contributed by atoms with Gasteiger partial charge in [-0.3, -0.25) is 4.79 Å². The zero-order valence-corrected chi connectivity index (χ0v) is 10.3. The van der Waals surface area contributed by atoms with Crippen molar-refractivity contribution in [1.82, 2.24) is 0 Å². The number of methoxy groups -OCH3 is 1. The molecule has 0 fully saturated rings. The van der Waals surface area contributed by atoms with Crippen LogP contribution in [-0.4, -0.2) is 13.4 Å². The molecule has 5 heteroatoms. The molecule has 0 aromatic heterocycles. The highest BCUT2D eigenvalue weighted by molar-refractivity contribution is 9.10. The molecule has 0 atom stereocenters. The van der Waals surface area contributed by atoms with Gasteiger partial charge in [-0.2, -0.15) is 0 Å². The number of allylic oxidation sites excluding steroid dienone is 1. The van der Waals surface area contributed by atoms with Crippen LogP contribution in [0.4, 0.5) is 5.69 Å². The van der Waals surface area contributed by atoms with Crippen LogP contribution in [0.5, 0.6) is 0 Å². The average Bonchev–Trinajstić information content (AvgIpc) is 2.24. The van der Waals surface area contributed by atoms with Gasteiger partial charge in [0.05, 0.1) is 12.1 Å². The molecule has 1 aromatic carbocycles. The zero-order chi connectivity index (χ0) is 11.3. The minimum Gasteiger partial charge on any atom is -0.492 e. The number of hydrogen-bond donors (Lipinski definition) is 1. The van der Waals surface area contributed by atoms with Gasteiger partial charge in [-0.1, -0.05) is 11.6 Å². The van der Waals surface area contributed by atoms with E-state index in [4.69, 9.17) is 16.3 Å². The van der Waals surface area contributed by atoms with Gasteiger partial charge in [-0.15, -0.1) is 0 Å². The smallest absolute Gasteiger partial charge is 0.186 e. The van der Waals surface area contributed by atoms with Crippen LogP contribution >= 0.6 is 27.5 Å². The second-order valence-corrected chi connectivity index (χ2v) is 3.90. The quantitative estimate of drug-likeness (QED) is 0.526. The third-order valence-electron chi connectivity index (χ3n) is 1.65. The molecule has 1 N–H and O–H groups in total. The van der Waals surface area contributed by atoms with E-state index in [-0.39, 0.29) is 5.76 Å². The topological polar surface area (TPSA) is 38.3 Å². The van der Waals surface area contributed by atoms with Gasteiger partial charge in [0.2, 0.25) is 0 Å². The first-order valence-electron chi connectivity index (χ1n) is 4.08. The van der Waals surface area contributed by atoms with Crippen molar-refractivity contribution in [3.63, 3.8) is 0 Å². The molecule has 3 nitrogen and oxygen atoms in total. The molecule has 15 heavy (non-hydrogen) atoms. The molecule has 0 amide bonds. The Hall–Kier alpha value is -1.000. The summed E-state index contributed by atoms with van der Waals surface area (Å²) in [6, 6.07) is 5.37. The molecular formula is C10H9BrClNO2. The normalized spacial score (nSPS) is 11.0. The Kier molecular flexibility index (Phi) is 4.65. The van der Waals surface area contributed by atoms with Crippen LogP contribution in [0.15, 0.2) is 34.6 Å². The van der Waals surface area contributed by atoms with Gasteiger partial charge in [-0.25, -0.2) is 0 Å². The summed E-state index contributed by atoms with van der Waals surface area (Å²) in [7, 11) is 1.43. The van der Waals surface area contributed by atoms with Crippen molar-refractivity contribution in [2.24, 2.45) is 0 Å². The molecule has 0 aliphatic carbocycles. The van der Waals surface area contributed by atoms with Crippen LogP contribution in [0.3, 0.4) is 0 Å². The van der Waals surface area contributed by atoms with Gasteiger partial charge in [0.25, 0.3) is 0 Å². The van der Waals surface area contributed by atoms with Gasteiger partial charge < -0.3 is 10.1 Å². The largest absolute Gasteiger partial charge is 0.492 e. The fourth-order valence-electron chi connectivity index (χ4n) is 0.881. The first-order valence-corrected chi connectivity index (χ1v) is 5.25. The van der Waals surface area contributed by atoms with Crippen molar-refractivity contribution in [2.45, 2.75) is 0 Å². The van der Waals surface area contributed by atoms with E-state index in [1.165, 1.54) is 13.3 Å². The van der Waals surface area contributed by atoms with E-state index in [2.05, 4.69) is 21.2 Å². The predicted molar refractivity (Wildman–Crippen MR) is 63.9 cm³/mol. The summed E-state index contributed by atoms with van der Waals surface area (Å²) in [5, 5.41) is 3.49. The molecular weight excluding hydrogens is 281 g/mol. The summed E-state index contributed by atoms with van der Waals surface area (Å²) in [5.74, 6) is 0.217. The number of ether oxygens (including phenoxy) is 1. The fourth-order valence-corrected chi connectivity index (χ4v) is 1.31. The second-order valence-electron chi connectivity index (χ2n) is 2.64. The van der Waals surface area contributed by atoms with E-state index in [1.54, 1.807) is 6.07 Å². The molecule has 0 aliphatic rings. The third-order valence-corrected chi connectivity index (χ3v) is 2.89. The lowest BCUT2D eigenvalue weighted by Crippen LogP contribution is -1.94. The highest BCUT2D eigenvalue weighted by atomic mass is 79.9.